The lowest BCUT2D eigenvalue weighted by atomic mass is 9.77. The first kappa shape index (κ1) is 14.2. The summed E-state index contributed by atoms with van der Waals surface area (Å²) >= 11 is 0. The van der Waals surface area contributed by atoms with Gasteiger partial charge in [0, 0.05) is 12.2 Å². The van der Waals surface area contributed by atoms with Crippen molar-refractivity contribution in [1.29, 1.82) is 0 Å². The quantitative estimate of drug-likeness (QED) is 0.734. The van der Waals surface area contributed by atoms with E-state index >= 15 is 0 Å². The van der Waals surface area contributed by atoms with E-state index in [1.54, 1.807) is 0 Å². The van der Waals surface area contributed by atoms with Crippen LogP contribution < -0.4 is 5.46 Å². The van der Waals surface area contributed by atoms with E-state index in [1.165, 1.54) is 12.1 Å². The average Bonchev–Trinajstić information content (AvgIpc) is 2.13. The van der Waals surface area contributed by atoms with Crippen LogP contribution in [0.2, 0.25) is 0 Å². The van der Waals surface area contributed by atoms with Gasteiger partial charge in [-0.15, -0.1) is 0 Å². The number of hydrogen-bond acceptors (Lipinski definition) is 2. The molecule has 0 aliphatic heterocycles. The molecule has 0 aliphatic rings. The monoisotopic (exact) mass is 238 g/mol. The number of hydrogen-bond donors (Lipinski definition) is 0. The third-order valence-corrected chi connectivity index (χ3v) is 2.13. The zero-order valence-corrected chi connectivity index (χ0v) is 11.2. The van der Waals surface area contributed by atoms with E-state index in [2.05, 4.69) is 0 Å². The summed E-state index contributed by atoms with van der Waals surface area (Å²) in [5.74, 6) is -0.260. The molecule has 2 nitrogen and oxygen atoms in total. The van der Waals surface area contributed by atoms with Gasteiger partial charge < -0.3 is 9.31 Å². The summed E-state index contributed by atoms with van der Waals surface area (Å²) in [7, 11) is -0.510. The van der Waals surface area contributed by atoms with Gasteiger partial charge in [0.25, 0.3) is 0 Å². The van der Waals surface area contributed by atoms with Crippen LogP contribution in [0.5, 0.6) is 0 Å². The zero-order valence-electron chi connectivity index (χ0n) is 11.2. The van der Waals surface area contributed by atoms with Crippen molar-refractivity contribution in [3.8, 4) is 0 Å². The molecule has 0 aromatic heterocycles. The van der Waals surface area contributed by atoms with Gasteiger partial charge in [0.1, 0.15) is 5.82 Å². The van der Waals surface area contributed by atoms with Gasteiger partial charge in [-0.1, -0.05) is 6.07 Å². The second-order valence-corrected chi connectivity index (χ2v) is 4.76. The van der Waals surface area contributed by atoms with Crippen LogP contribution in [-0.4, -0.2) is 19.3 Å². The normalized spacial score (nSPS) is 11.3. The Bertz CT molecular complexity index is 336. The number of halogens is 1. The summed E-state index contributed by atoms with van der Waals surface area (Å²) in [5, 5.41) is 0. The van der Waals surface area contributed by atoms with Crippen LogP contribution in [0.1, 0.15) is 33.3 Å². The lowest BCUT2D eigenvalue weighted by molar-refractivity contribution is 0.139. The van der Waals surface area contributed by atoms with E-state index in [-0.39, 0.29) is 18.0 Å². The van der Waals surface area contributed by atoms with Crippen molar-refractivity contribution < 1.29 is 13.7 Å². The summed E-state index contributed by atoms with van der Waals surface area (Å²) in [6, 6.07) is 4.84. The molecule has 4 heteroatoms. The molecular weight excluding hydrogens is 218 g/mol. The third kappa shape index (κ3) is 4.88. The van der Waals surface area contributed by atoms with Crippen LogP contribution in [0.25, 0.3) is 0 Å². The first-order valence-electron chi connectivity index (χ1n) is 5.96. The van der Waals surface area contributed by atoms with Crippen molar-refractivity contribution in [2.75, 3.05) is 0 Å². The van der Waals surface area contributed by atoms with Gasteiger partial charge in [-0.25, -0.2) is 4.39 Å². The molecule has 0 fully saturated rings. The van der Waals surface area contributed by atoms with Crippen LogP contribution in [0.4, 0.5) is 4.39 Å². The van der Waals surface area contributed by atoms with Gasteiger partial charge in [0.2, 0.25) is 0 Å². The van der Waals surface area contributed by atoms with E-state index in [0.29, 0.717) is 0 Å². The molecule has 0 unspecified atom stereocenters. The second-order valence-electron chi connectivity index (χ2n) is 4.76. The summed E-state index contributed by atoms with van der Waals surface area (Å²) in [4.78, 5) is 0. The van der Waals surface area contributed by atoms with Crippen LogP contribution >= 0.6 is 0 Å². The van der Waals surface area contributed by atoms with Crippen molar-refractivity contribution in [1.82, 2.24) is 0 Å². The minimum Gasteiger partial charge on any atom is -0.405 e. The molecule has 0 atom stereocenters. The van der Waals surface area contributed by atoms with Gasteiger partial charge in [0.05, 0.1) is 0 Å². The molecule has 0 radical (unpaired) electrons. The average molecular weight is 238 g/mol. The summed E-state index contributed by atoms with van der Waals surface area (Å²) < 4.78 is 24.7. The van der Waals surface area contributed by atoms with Gasteiger partial charge in [-0.3, -0.25) is 0 Å². The molecule has 17 heavy (non-hydrogen) atoms. The smallest absolute Gasteiger partial charge is 0.405 e. The van der Waals surface area contributed by atoms with Crippen molar-refractivity contribution >= 4 is 12.6 Å². The van der Waals surface area contributed by atoms with E-state index in [1.807, 2.05) is 40.7 Å². The van der Waals surface area contributed by atoms with E-state index in [4.69, 9.17) is 9.31 Å². The molecule has 0 N–H and O–H groups in total. The highest BCUT2D eigenvalue weighted by atomic mass is 19.1. The highest BCUT2D eigenvalue weighted by molar-refractivity contribution is 6.61. The molecule has 0 saturated heterocycles. The molecule has 0 aliphatic carbocycles. The highest BCUT2D eigenvalue weighted by Gasteiger charge is 2.24. The van der Waals surface area contributed by atoms with E-state index in [9.17, 15) is 4.39 Å². The molecule has 0 bridgehead atoms. The maximum atomic E-state index is 13.4. The molecule has 1 aromatic rings. The van der Waals surface area contributed by atoms with Gasteiger partial charge >= 0.3 is 7.12 Å². The molecule has 94 valence electrons. The van der Waals surface area contributed by atoms with Gasteiger partial charge in [-0.05, 0) is 57.8 Å². The Hall–Kier alpha value is -0.865. The first-order chi connectivity index (χ1) is 7.88. The number of aryl methyl sites for hydroxylation is 1. The Morgan fingerprint density at radius 2 is 1.53 bits per heavy atom. The van der Waals surface area contributed by atoms with Crippen LogP contribution in [0, 0.1) is 12.7 Å². The zero-order chi connectivity index (χ0) is 13.0. The lowest BCUT2D eigenvalue weighted by Crippen LogP contribution is -2.41. The maximum absolute atomic E-state index is 13.4. The first-order valence-corrected chi connectivity index (χ1v) is 5.96. The topological polar surface area (TPSA) is 18.5 Å². The number of rotatable bonds is 5. The van der Waals surface area contributed by atoms with E-state index in [0.717, 1.165) is 11.0 Å². The fraction of sp³-hybridized carbons (Fsp3) is 0.538. The highest BCUT2D eigenvalue weighted by Crippen LogP contribution is 2.06. The Labute approximate surface area is 103 Å². The minimum atomic E-state index is -0.510. The summed E-state index contributed by atoms with van der Waals surface area (Å²) in [6.07, 6.45) is 0.0599. The maximum Gasteiger partial charge on any atom is 0.494 e. The van der Waals surface area contributed by atoms with E-state index < -0.39 is 7.12 Å². The number of benzene rings is 1. The van der Waals surface area contributed by atoms with Crippen LogP contribution in [0.3, 0.4) is 0 Å². The van der Waals surface area contributed by atoms with Crippen LogP contribution in [0.15, 0.2) is 18.2 Å². The van der Waals surface area contributed by atoms with Crippen molar-refractivity contribution in [2.45, 2.75) is 46.8 Å². The molecule has 1 rings (SSSR count). The SMILES string of the molecule is Cc1cc(F)cc(B(OC(C)C)OC(C)C)c1. The predicted octanol–water partition coefficient (Wildman–Crippen LogP) is 2.68. The van der Waals surface area contributed by atoms with Gasteiger partial charge in [-0.2, -0.15) is 0 Å². The Kier molecular flexibility index (Phi) is 5.15. The third-order valence-electron chi connectivity index (χ3n) is 2.13. The fourth-order valence-electron chi connectivity index (χ4n) is 1.58. The van der Waals surface area contributed by atoms with Crippen LogP contribution in [-0.2, 0) is 9.31 Å². The Balaban J connectivity index is 2.94. The predicted molar refractivity (Wildman–Crippen MR) is 69.0 cm³/mol. The van der Waals surface area contributed by atoms with Crippen molar-refractivity contribution in [3.05, 3.63) is 29.6 Å². The standard InChI is InChI=1S/C13H20BFO2/c1-9(2)16-14(17-10(3)4)12-6-11(5)7-13(15)8-12/h6-10H,1-5H3. The molecule has 0 saturated carbocycles. The molecule has 0 spiro atoms. The lowest BCUT2D eigenvalue weighted by Gasteiger charge is -2.20. The minimum absolute atomic E-state index is 0.0299. The molecule has 0 heterocycles. The fourth-order valence-corrected chi connectivity index (χ4v) is 1.58. The summed E-state index contributed by atoms with van der Waals surface area (Å²) in [6.45, 7) is 9.59. The summed E-state index contributed by atoms with van der Waals surface area (Å²) in [5.41, 5.74) is 1.59. The molecule has 1 aromatic carbocycles. The second kappa shape index (κ2) is 6.17. The Morgan fingerprint density at radius 1 is 1.00 bits per heavy atom. The van der Waals surface area contributed by atoms with Gasteiger partial charge in [0.15, 0.2) is 0 Å². The van der Waals surface area contributed by atoms with Crippen molar-refractivity contribution in [2.24, 2.45) is 0 Å². The molecule has 0 amide bonds. The largest absolute Gasteiger partial charge is 0.494 e. The molecular formula is C13H20BFO2. The van der Waals surface area contributed by atoms with Crippen molar-refractivity contribution in [3.63, 3.8) is 0 Å². The Morgan fingerprint density at radius 3 is 1.94 bits per heavy atom.